The minimum Gasteiger partial charge on any atom is -0.462 e. The number of carbonyl (C=O) groups excluding carboxylic acids is 3. The van der Waals surface area contributed by atoms with E-state index < -0.39 is 6.10 Å². The topological polar surface area (TPSA) is 78.9 Å². The molecule has 0 saturated heterocycles. The Bertz CT molecular complexity index is 947. The van der Waals surface area contributed by atoms with Crippen molar-refractivity contribution in [3.8, 4) is 0 Å². The van der Waals surface area contributed by atoms with Crippen molar-refractivity contribution in [1.29, 1.82) is 0 Å². The van der Waals surface area contributed by atoms with Gasteiger partial charge in [0.15, 0.2) is 6.10 Å². The summed E-state index contributed by atoms with van der Waals surface area (Å²) in [4.78, 5) is 38.0. The summed E-state index contributed by atoms with van der Waals surface area (Å²) in [5.74, 6) is -0.856. The van der Waals surface area contributed by atoms with Crippen LogP contribution in [-0.4, -0.2) is 37.2 Å². The van der Waals surface area contributed by atoms with E-state index >= 15 is 0 Å². The molecule has 0 aliphatic rings. The lowest BCUT2D eigenvalue weighted by atomic mass is 10.0. The molecule has 0 aromatic carbocycles. The van der Waals surface area contributed by atoms with Crippen LogP contribution in [0.15, 0.2) is 12.2 Å². The SMILES string of the molecule is CCCCCCCCC=CCCCCCCCC(=O)OCC(COC(=O)CCCCCCCCCCCCCCCCC)OC(=O)CCCCCCCCCCCCCCC. The molecule has 0 bridgehead atoms. The Morgan fingerprint density at radius 1 is 0.311 bits per heavy atom. The van der Waals surface area contributed by atoms with Crippen LogP contribution >= 0.6 is 0 Å². The molecule has 0 radical (unpaired) electrons. The Morgan fingerprint density at radius 2 is 0.541 bits per heavy atom. The lowest BCUT2D eigenvalue weighted by molar-refractivity contribution is -0.167. The van der Waals surface area contributed by atoms with E-state index in [-0.39, 0.29) is 31.1 Å². The van der Waals surface area contributed by atoms with Crippen molar-refractivity contribution >= 4 is 17.9 Å². The summed E-state index contributed by atoms with van der Waals surface area (Å²) < 4.78 is 16.8. The molecule has 0 aliphatic heterocycles. The molecule has 61 heavy (non-hydrogen) atoms. The van der Waals surface area contributed by atoms with Gasteiger partial charge in [-0.2, -0.15) is 0 Å². The molecule has 0 amide bonds. The highest BCUT2D eigenvalue weighted by molar-refractivity contribution is 5.71. The molecule has 360 valence electrons. The van der Waals surface area contributed by atoms with Crippen molar-refractivity contribution in [3.63, 3.8) is 0 Å². The van der Waals surface area contributed by atoms with E-state index in [0.717, 1.165) is 64.2 Å². The molecular formula is C55H104O6. The highest BCUT2D eigenvalue weighted by atomic mass is 16.6. The lowest BCUT2D eigenvalue weighted by Crippen LogP contribution is -2.30. The van der Waals surface area contributed by atoms with Crippen molar-refractivity contribution < 1.29 is 28.6 Å². The summed E-state index contributed by atoms with van der Waals surface area (Å²) in [5, 5.41) is 0. The number of hydrogen-bond acceptors (Lipinski definition) is 6. The van der Waals surface area contributed by atoms with Crippen LogP contribution in [0.2, 0.25) is 0 Å². The summed E-state index contributed by atoms with van der Waals surface area (Å²) in [5.41, 5.74) is 0. The van der Waals surface area contributed by atoms with Gasteiger partial charge in [-0.05, 0) is 44.9 Å². The molecule has 0 heterocycles. The van der Waals surface area contributed by atoms with Crippen LogP contribution in [0.5, 0.6) is 0 Å². The Morgan fingerprint density at radius 3 is 0.820 bits per heavy atom. The predicted molar refractivity (Wildman–Crippen MR) is 261 cm³/mol. The van der Waals surface area contributed by atoms with Crippen LogP contribution in [0.1, 0.15) is 303 Å². The zero-order chi connectivity index (χ0) is 44.4. The predicted octanol–water partition coefficient (Wildman–Crippen LogP) is 17.8. The van der Waals surface area contributed by atoms with Gasteiger partial charge in [-0.25, -0.2) is 0 Å². The summed E-state index contributed by atoms with van der Waals surface area (Å²) in [6.45, 7) is 6.67. The normalized spacial score (nSPS) is 12.0. The van der Waals surface area contributed by atoms with Crippen molar-refractivity contribution in [3.05, 3.63) is 12.2 Å². The van der Waals surface area contributed by atoms with Gasteiger partial charge in [0.2, 0.25) is 0 Å². The van der Waals surface area contributed by atoms with Crippen molar-refractivity contribution in [2.45, 2.75) is 309 Å². The molecule has 0 aliphatic carbocycles. The highest BCUT2D eigenvalue weighted by Gasteiger charge is 2.19. The van der Waals surface area contributed by atoms with Gasteiger partial charge in [0.25, 0.3) is 0 Å². The molecule has 0 saturated carbocycles. The van der Waals surface area contributed by atoms with Gasteiger partial charge in [-0.3, -0.25) is 14.4 Å². The third-order valence-electron chi connectivity index (χ3n) is 12.3. The number of allylic oxidation sites excluding steroid dienone is 2. The summed E-state index contributed by atoms with van der Waals surface area (Å²) in [6.07, 6.45) is 56.2. The third-order valence-corrected chi connectivity index (χ3v) is 12.3. The van der Waals surface area contributed by atoms with Crippen molar-refractivity contribution in [2.24, 2.45) is 0 Å². The van der Waals surface area contributed by atoms with Crippen LogP contribution < -0.4 is 0 Å². The first-order valence-electron chi connectivity index (χ1n) is 27.2. The van der Waals surface area contributed by atoms with Gasteiger partial charge in [0, 0.05) is 19.3 Å². The Labute approximate surface area is 380 Å². The average Bonchev–Trinajstić information content (AvgIpc) is 3.26. The van der Waals surface area contributed by atoms with E-state index in [4.69, 9.17) is 14.2 Å². The van der Waals surface area contributed by atoms with Gasteiger partial charge in [0.1, 0.15) is 13.2 Å². The van der Waals surface area contributed by atoms with Crippen LogP contribution in [0, 0.1) is 0 Å². The van der Waals surface area contributed by atoms with Gasteiger partial charge in [0.05, 0.1) is 0 Å². The van der Waals surface area contributed by atoms with Crippen LogP contribution in [0.3, 0.4) is 0 Å². The molecule has 6 heteroatoms. The fraction of sp³-hybridized carbons (Fsp3) is 0.909. The zero-order valence-electron chi connectivity index (χ0n) is 41.2. The molecule has 0 aromatic rings. The van der Waals surface area contributed by atoms with Crippen LogP contribution in [0.4, 0.5) is 0 Å². The zero-order valence-corrected chi connectivity index (χ0v) is 41.2. The minimum absolute atomic E-state index is 0.0669. The van der Waals surface area contributed by atoms with E-state index in [9.17, 15) is 14.4 Å². The molecule has 1 atom stereocenters. The maximum atomic E-state index is 12.8. The largest absolute Gasteiger partial charge is 0.462 e. The third kappa shape index (κ3) is 49.0. The standard InChI is InChI=1S/C55H104O6/c1-4-7-10-13-16-19-22-25-27-30-32-35-38-41-44-47-53(56)59-50-52(61-55(58)49-46-43-40-37-34-29-24-21-18-15-12-9-6-3)51-60-54(57)48-45-42-39-36-33-31-28-26-23-20-17-14-11-8-5-2/h25,27,52H,4-24,26,28-51H2,1-3H3. The smallest absolute Gasteiger partial charge is 0.306 e. The molecule has 0 fully saturated rings. The number of unbranched alkanes of at least 4 members (excludes halogenated alkanes) is 37. The summed E-state index contributed by atoms with van der Waals surface area (Å²) in [6, 6.07) is 0. The molecular weight excluding hydrogens is 757 g/mol. The Hall–Kier alpha value is -1.85. The minimum atomic E-state index is -0.766. The van der Waals surface area contributed by atoms with E-state index in [0.29, 0.717) is 19.3 Å². The second-order valence-corrected chi connectivity index (χ2v) is 18.5. The fourth-order valence-electron chi connectivity index (χ4n) is 8.14. The quantitative estimate of drug-likeness (QED) is 0.0262. The lowest BCUT2D eigenvalue weighted by Gasteiger charge is -2.18. The van der Waals surface area contributed by atoms with E-state index in [1.54, 1.807) is 0 Å². The van der Waals surface area contributed by atoms with E-state index in [2.05, 4.69) is 32.9 Å². The number of rotatable bonds is 50. The van der Waals surface area contributed by atoms with Gasteiger partial charge >= 0.3 is 17.9 Å². The molecule has 0 spiro atoms. The second kappa shape index (κ2) is 50.8. The van der Waals surface area contributed by atoms with Crippen molar-refractivity contribution in [2.75, 3.05) is 13.2 Å². The van der Waals surface area contributed by atoms with Crippen LogP contribution in [-0.2, 0) is 28.6 Å². The van der Waals surface area contributed by atoms with Gasteiger partial charge < -0.3 is 14.2 Å². The summed E-state index contributed by atoms with van der Waals surface area (Å²) in [7, 11) is 0. The second-order valence-electron chi connectivity index (χ2n) is 18.5. The Kier molecular flexibility index (Phi) is 49.3. The molecule has 1 unspecified atom stereocenters. The molecule has 0 N–H and O–H groups in total. The number of carbonyl (C=O) groups is 3. The first kappa shape index (κ1) is 59.1. The average molecular weight is 861 g/mol. The maximum Gasteiger partial charge on any atom is 0.306 e. The van der Waals surface area contributed by atoms with E-state index in [1.807, 2.05) is 0 Å². The Balaban J connectivity index is 4.32. The maximum absolute atomic E-state index is 12.8. The number of esters is 3. The summed E-state index contributed by atoms with van der Waals surface area (Å²) >= 11 is 0. The highest BCUT2D eigenvalue weighted by Crippen LogP contribution is 2.16. The molecule has 6 nitrogen and oxygen atoms in total. The first-order chi connectivity index (χ1) is 30.0. The fourth-order valence-corrected chi connectivity index (χ4v) is 8.14. The van der Waals surface area contributed by atoms with Gasteiger partial charge in [-0.15, -0.1) is 0 Å². The van der Waals surface area contributed by atoms with Crippen LogP contribution in [0.25, 0.3) is 0 Å². The van der Waals surface area contributed by atoms with E-state index in [1.165, 1.54) is 199 Å². The number of hydrogen-bond donors (Lipinski definition) is 0. The monoisotopic (exact) mass is 861 g/mol. The molecule has 0 aromatic heterocycles. The number of ether oxygens (including phenoxy) is 3. The van der Waals surface area contributed by atoms with Crippen molar-refractivity contribution in [1.82, 2.24) is 0 Å². The molecule has 0 rings (SSSR count). The first-order valence-corrected chi connectivity index (χ1v) is 27.2. The van der Waals surface area contributed by atoms with Gasteiger partial charge in [-0.1, -0.05) is 251 Å².